The molecule has 0 bridgehead atoms. The summed E-state index contributed by atoms with van der Waals surface area (Å²) in [6, 6.07) is 15.6. The first-order valence-corrected chi connectivity index (χ1v) is 10.3. The van der Waals surface area contributed by atoms with Gasteiger partial charge in [-0.15, -0.1) is 0 Å². The van der Waals surface area contributed by atoms with E-state index in [1.54, 1.807) is 13.0 Å². The first kappa shape index (κ1) is 21.3. The van der Waals surface area contributed by atoms with Crippen LogP contribution < -0.4 is 5.73 Å². The van der Waals surface area contributed by atoms with Crippen molar-refractivity contribution in [2.24, 2.45) is 5.73 Å². The van der Waals surface area contributed by atoms with E-state index in [-0.39, 0.29) is 53.0 Å². The SMILES string of the molecule is CCOC(=O)C1=C(N)OC2=C(C(=O)C[C@@H](c3ccccc3)C2)[C@@H]1c1ccccc1[N+](=O)[O-]. The molecule has 0 saturated heterocycles. The molecule has 164 valence electrons. The lowest BCUT2D eigenvalue weighted by Crippen LogP contribution is -2.33. The van der Waals surface area contributed by atoms with Crippen molar-refractivity contribution in [3.63, 3.8) is 0 Å². The van der Waals surface area contributed by atoms with E-state index < -0.39 is 16.8 Å². The fourth-order valence-corrected chi connectivity index (χ4v) is 4.39. The number of ketones is 1. The Balaban J connectivity index is 1.87. The second-order valence-electron chi connectivity index (χ2n) is 7.63. The van der Waals surface area contributed by atoms with Crippen molar-refractivity contribution in [3.05, 3.63) is 98.6 Å². The minimum absolute atomic E-state index is 0.0785. The predicted molar refractivity (Wildman–Crippen MR) is 115 cm³/mol. The van der Waals surface area contributed by atoms with Gasteiger partial charge in [0.1, 0.15) is 11.3 Å². The normalized spacial score (nSPS) is 20.5. The molecule has 0 spiro atoms. The Morgan fingerprint density at radius 2 is 1.84 bits per heavy atom. The fourth-order valence-electron chi connectivity index (χ4n) is 4.39. The highest BCUT2D eigenvalue weighted by Crippen LogP contribution is 2.48. The number of carbonyl (C=O) groups excluding carboxylic acids is 2. The van der Waals surface area contributed by atoms with Crippen molar-refractivity contribution in [2.75, 3.05) is 6.61 Å². The molecular weight excluding hydrogens is 412 g/mol. The van der Waals surface area contributed by atoms with Crippen molar-refractivity contribution >= 4 is 17.4 Å². The number of nitro groups is 1. The predicted octanol–water partition coefficient (Wildman–Crippen LogP) is 3.84. The number of Topliss-reactive ketones (excluding diaryl/α,β-unsaturated/α-hetero) is 1. The monoisotopic (exact) mass is 434 g/mol. The fraction of sp³-hybridized carbons (Fsp3) is 0.250. The summed E-state index contributed by atoms with van der Waals surface area (Å²) >= 11 is 0. The maximum absolute atomic E-state index is 13.4. The molecule has 32 heavy (non-hydrogen) atoms. The van der Waals surface area contributed by atoms with Gasteiger partial charge in [-0.3, -0.25) is 14.9 Å². The number of para-hydroxylation sites is 1. The summed E-state index contributed by atoms with van der Waals surface area (Å²) in [7, 11) is 0. The van der Waals surface area contributed by atoms with Gasteiger partial charge >= 0.3 is 5.97 Å². The average Bonchev–Trinajstić information content (AvgIpc) is 2.78. The van der Waals surface area contributed by atoms with Crippen LogP contribution in [0.25, 0.3) is 0 Å². The first-order chi connectivity index (χ1) is 15.4. The van der Waals surface area contributed by atoms with Gasteiger partial charge in [0.25, 0.3) is 5.69 Å². The van der Waals surface area contributed by atoms with Crippen molar-refractivity contribution in [2.45, 2.75) is 31.6 Å². The molecule has 1 aliphatic carbocycles. The van der Waals surface area contributed by atoms with Crippen LogP contribution in [0.5, 0.6) is 0 Å². The summed E-state index contributed by atoms with van der Waals surface area (Å²) in [6.45, 7) is 1.72. The zero-order chi connectivity index (χ0) is 22.8. The molecule has 2 N–H and O–H groups in total. The van der Waals surface area contributed by atoms with Crippen LogP contribution in [0.15, 0.2) is 77.4 Å². The molecule has 1 heterocycles. The Morgan fingerprint density at radius 1 is 1.16 bits per heavy atom. The second-order valence-corrected chi connectivity index (χ2v) is 7.63. The number of allylic oxidation sites excluding steroid dienone is 2. The number of hydrogen-bond donors (Lipinski definition) is 1. The lowest BCUT2D eigenvalue weighted by Gasteiger charge is -2.34. The van der Waals surface area contributed by atoms with Gasteiger partial charge in [0.05, 0.1) is 17.4 Å². The maximum Gasteiger partial charge on any atom is 0.340 e. The zero-order valence-corrected chi connectivity index (χ0v) is 17.4. The molecule has 0 fully saturated rings. The van der Waals surface area contributed by atoms with Crippen LogP contribution in [-0.2, 0) is 19.1 Å². The standard InChI is InChI=1S/C24H22N2O6/c1-2-31-24(28)22-20(16-10-6-7-11-17(16)26(29)30)21-18(27)12-15(13-19(21)32-23(22)25)14-8-4-3-5-9-14/h3-11,15,20H,2,12-13,25H2,1H3/t15-,20+/m1/s1. The first-order valence-electron chi connectivity index (χ1n) is 10.3. The molecule has 1 aliphatic heterocycles. The van der Waals surface area contributed by atoms with Crippen LogP contribution >= 0.6 is 0 Å². The highest BCUT2D eigenvalue weighted by atomic mass is 16.6. The molecule has 2 aromatic rings. The Hall–Kier alpha value is -3.94. The molecule has 8 heteroatoms. The summed E-state index contributed by atoms with van der Waals surface area (Å²) in [5.41, 5.74) is 7.25. The van der Waals surface area contributed by atoms with Crippen LogP contribution in [-0.4, -0.2) is 23.3 Å². The van der Waals surface area contributed by atoms with E-state index in [2.05, 4.69) is 0 Å². The number of rotatable bonds is 5. The number of carbonyl (C=O) groups is 2. The molecule has 0 amide bonds. The molecular formula is C24H22N2O6. The molecule has 4 rings (SSSR count). The molecule has 0 unspecified atom stereocenters. The Labute approximate surface area is 184 Å². The Morgan fingerprint density at radius 3 is 2.53 bits per heavy atom. The quantitative estimate of drug-likeness (QED) is 0.431. The van der Waals surface area contributed by atoms with Crippen LogP contribution in [0.3, 0.4) is 0 Å². The molecule has 8 nitrogen and oxygen atoms in total. The largest absolute Gasteiger partial charge is 0.462 e. The number of nitrogens with zero attached hydrogens (tertiary/aromatic N) is 1. The number of hydrogen-bond acceptors (Lipinski definition) is 7. The van der Waals surface area contributed by atoms with Crippen molar-refractivity contribution in [1.82, 2.24) is 0 Å². The Bertz CT molecular complexity index is 1150. The van der Waals surface area contributed by atoms with E-state index >= 15 is 0 Å². The van der Waals surface area contributed by atoms with Crippen molar-refractivity contribution < 1.29 is 24.0 Å². The van der Waals surface area contributed by atoms with Gasteiger partial charge in [-0.1, -0.05) is 48.5 Å². The van der Waals surface area contributed by atoms with Crippen LogP contribution in [0.2, 0.25) is 0 Å². The number of nitrogens with two attached hydrogens (primary N) is 1. The Kier molecular flexibility index (Phi) is 5.77. The van der Waals surface area contributed by atoms with Gasteiger partial charge in [-0.05, 0) is 18.4 Å². The van der Waals surface area contributed by atoms with E-state index in [0.717, 1.165) is 5.56 Å². The third kappa shape index (κ3) is 3.75. The average molecular weight is 434 g/mol. The highest BCUT2D eigenvalue weighted by Gasteiger charge is 2.45. The van der Waals surface area contributed by atoms with Gasteiger partial charge in [-0.2, -0.15) is 0 Å². The number of nitro benzene ring substituents is 1. The van der Waals surface area contributed by atoms with E-state index in [9.17, 15) is 19.7 Å². The molecule has 2 atom stereocenters. The smallest absolute Gasteiger partial charge is 0.340 e. The van der Waals surface area contributed by atoms with Crippen molar-refractivity contribution in [1.29, 1.82) is 0 Å². The summed E-state index contributed by atoms with van der Waals surface area (Å²) in [5.74, 6) is -2.03. The van der Waals surface area contributed by atoms with Crippen molar-refractivity contribution in [3.8, 4) is 0 Å². The van der Waals surface area contributed by atoms with Crippen LogP contribution in [0.1, 0.15) is 42.7 Å². The molecule has 0 saturated carbocycles. The summed E-state index contributed by atoms with van der Waals surface area (Å²) in [5, 5.41) is 11.7. The third-order valence-electron chi connectivity index (χ3n) is 5.75. The van der Waals surface area contributed by atoms with Crippen LogP contribution in [0, 0.1) is 10.1 Å². The molecule has 0 radical (unpaired) electrons. The van der Waals surface area contributed by atoms with E-state index in [4.69, 9.17) is 15.2 Å². The zero-order valence-electron chi connectivity index (χ0n) is 17.4. The topological polar surface area (TPSA) is 122 Å². The van der Waals surface area contributed by atoms with Gasteiger partial charge < -0.3 is 15.2 Å². The van der Waals surface area contributed by atoms with E-state index in [1.165, 1.54) is 18.2 Å². The summed E-state index contributed by atoms with van der Waals surface area (Å²) in [4.78, 5) is 37.4. The second kappa shape index (κ2) is 8.66. The molecule has 0 aromatic heterocycles. The third-order valence-corrected chi connectivity index (χ3v) is 5.75. The minimum atomic E-state index is -1.04. The van der Waals surface area contributed by atoms with Gasteiger partial charge in [0.2, 0.25) is 5.88 Å². The number of benzene rings is 2. The lowest BCUT2D eigenvalue weighted by molar-refractivity contribution is -0.385. The maximum atomic E-state index is 13.4. The van der Waals surface area contributed by atoms with Gasteiger partial charge in [0.15, 0.2) is 5.78 Å². The van der Waals surface area contributed by atoms with E-state index in [1.807, 2.05) is 30.3 Å². The highest BCUT2D eigenvalue weighted by molar-refractivity contribution is 6.04. The summed E-state index contributed by atoms with van der Waals surface area (Å²) in [6.07, 6.45) is 0.582. The minimum Gasteiger partial charge on any atom is -0.462 e. The lowest BCUT2D eigenvalue weighted by atomic mass is 9.73. The number of ether oxygens (including phenoxy) is 2. The molecule has 2 aliphatic rings. The number of esters is 1. The van der Waals surface area contributed by atoms with E-state index in [0.29, 0.717) is 12.2 Å². The van der Waals surface area contributed by atoms with Crippen LogP contribution in [0.4, 0.5) is 5.69 Å². The van der Waals surface area contributed by atoms with Gasteiger partial charge in [0, 0.05) is 30.0 Å². The molecule has 2 aromatic carbocycles. The van der Waals surface area contributed by atoms with Gasteiger partial charge in [-0.25, -0.2) is 4.79 Å². The summed E-state index contributed by atoms with van der Waals surface area (Å²) < 4.78 is 10.9.